The summed E-state index contributed by atoms with van der Waals surface area (Å²) in [6, 6.07) is 0. The average Bonchev–Trinajstić information content (AvgIpc) is 3.30. The zero-order chi connectivity index (χ0) is 49.8. The normalized spacial score (nSPS) is 13.6. The van der Waals surface area contributed by atoms with Crippen LogP contribution in [0.1, 0.15) is 290 Å². The van der Waals surface area contributed by atoms with Crippen molar-refractivity contribution in [3.05, 3.63) is 24.3 Å². The molecule has 0 aromatic heterocycles. The second kappa shape index (κ2) is 52.3. The second-order valence-electron chi connectivity index (χ2n) is 21.4. The van der Waals surface area contributed by atoms with E-state index in [9.17, 15) is 14.3 Å². The molecule has 0 aliphatic rings. The van der Waals surface area contributed by atoms with Crippen LogP contribution in [0.3, 0.4) is 0 Å². The van der Waals surface area contributed by atoms with Crippen LogP contribution in [0.2, 0.25) is 0 Å². The third-order valence-corrected chi connectivity index (χ3v) is 14.2. The molecule has 9 heteroatoms. The van der Waals surface area contributed by atoms with Gasteiger partial charge in [0.2, 0.25) is 0 Å². The molecule has 0 aromatic carbocycles. The largest absolute Gasteiger partial charge is 0.472 e. The number of nitrogens with zero attached hydrogens (tertiary/aromatic N) is 1. The van der Waals surface area contributed by atoms with Gasteiger partial charge in [-0.2, -0.15) is 0 Å². The maximum absolute atomic E-state index is 12.8. The highest BCUT2D eigenvalue weighted by molar-refractivity contribution is 7.47. The molecule has 0 radical (unpaired) electrons. The summed E-state index contributed by atoms with van der Waals surface area (Å²) in [4.78, 5) is 23.1. The number of allylic oxidation sites excluding steroid dienone is 4. The van der Waals surface area contributed by atoms with Crippen LogP contribution in [0.25, 0.3) is 0 Å². The Hall–Kier alpha value is -1.02. The van der Waals surface area contributed by atoms with E-state index in [2.05, 4.69) is 38.2 Å². The summed E-state index contributed by atoms with van der Waals surface area (Å²) in [5.74, 6) is -0.307. The lowest BCUT2D eigenvalue weighted by Gasteiger charge is -2.24. The van der Waals surface area contributed by atoms with Crippen molar-refractivity contribution in [1.82, 2.24) is 0 Å². The van der Waals surface area contributed by atoms with Crippen LogP contribution in [0, 0.1) is 0 Å². The average molecular weight is 984 g/mol. The number of unbranched alkanes of at least 4 members (excludes halogenated alkanes) is 38. The van der Waals surface area contributed by atoms with Gasteiger partial charge in [0, 0.05) is 13.0 Å². The van der Waals surface area contributed by atoms with Crippen molar-refractivity contribution in [2.75, 3.05) is 54.1 Å². The Balaban J connectivity index is 4.03. The lowest BCUT2D eigenvalue weighted by molar-refractivity contribution is -0.870. The quantitative estimate of drug-likeness (QED) is 0.0213. The van der Waals surface area contributed by atoms with Crippen molar-refractivity contribution >= 4 is 13.8 Å². The molecular weight excluding hydrogens is 866 g/mol. The fourth-order valence-corrected chi connectivity index (χ4v) is 9.45. The highest BCUT2D eigenvalue weighted by Gasteiger charge is 2.26. The van der Waals surface area contributed by atoms with Gasteiger partial charge in [0.15, 0.2) is 0 Å². The van der Waals surface area contributed by atoms with E-state index in [1.54, 1.807) is 0 Å². The number of phosphoric acid groups is 1. The van der Waals surface area contributed by atoms with E-state index in [-0.39, 0.29) is 25.8 Å². The van der Waals surface area contributed by atoms with Gasteiger partial charge in [-0.05, 0) is 44.9 Å². The number of esters is 1. The summed E-state index contributed by atoms with van der Waals surface area (Å²) in [6.07, 6.45) is 63.9. The first kappa shape index (κ1) is 67.0. The molecule has 0 spiro atoms. The van der Waals surface area contributed by atoms with Gasteiger partial charge in [0.1, 0.15) is 19.3 Å². The van der Waals surface area contributed by atoms with Gasteiger partial charge in [0.25, 0.3) is 0 Å². The van der Waals surface area contributed by atoms with E-state index in [1.165, 1.54) is 231 Å². The Bertz CT molecular complexity index is 1140. The molecule has 2 atom stereocenters. The number of phosphoric ester groups is 1. The van der Waals surface area contributed by atoms with Crippen LogP contribution in [-0.4, -0.2) is 75.6 Å². The fraction of sp³-hybridized carbons (Fsp3) is 0.915. The lowest BCUT2D eigenvalue weighted by Crippen LogP contribution is -2.37. The molecular formula is C59H117NO7P+. The maximum atomic E-state index is 12.8. The Kier molecular flexibility index (Phi) is 51.5. The summed E-state index contributed by atoms with van der Waals surface area (Å²) in [7, 11) is 1.68. The van der Waals surface area contributed by atoms with E-state index >= 15 is 0 Å². The molecule has 0 rings (SSSR count). The predicted molar refractivity (Wildman–Crippen MR) is 293 cm³/mol. The molecule has 2 unspecified atom stereocenters. The van der Waals surface area contributed by atoms with Crippen LogP contribution in [0.15, 0.2) is 24.3 Å². The maximum Gasteiger partial charge on any atom is 0.472 e. The first-order valence-electron chi connectivity index (χ1n) is 29.6. The van der Waals surface area contributed by atoms with Crippen molar-refractivity contribution in [3.63, 3.8) is 0 Å². The molecule has 68 heavy (non-hydrogen) atoms. The number of carbonyl (C=O) groups excluding carboxylic acids is 1. The predicted octanol–water partition coefficient (Wildman–Crippen LogP) is 18.7. The van der Waals surface area contributed by atoms with E-state index < -0.39 is 13.9 Å². The molecule has 0 aromatic rings. The third-order valence-electron chi connectivity index (χ3n) is 13.3. The number of likely N-dealkylation sites (N-methyl/N-ethyl adjacent to an activating group) is 1. The van der Waals surface area contributed by atoms with Gasteiger partial charge in [-0.25, -0.2) is 4.57 Å². The SMILES string of the molecule is CCCCCCC/C=C\C/C=C\CCCCCCCCCCCCOCC(COP(=O)(O)OCC[N+](C)(C)C)OC(=O)CCCCCCCCCCCCCCCCCCCCCCCCCC. The molecule has 0 fully saturated rings. The van der Waals surface area contributed by atoms with Gasteiger partial charge in [0.05, 0.1) is 34.4 Å². The van der Waals surface area contributed by atoms with Gasteiger partial charge in [-0.15, -0.1) is 0 Å². The Morgan fingerprint density at radius 2 is 0.809 bits per heavy atom. The Morgan fingerprint density at radius 3 is 1.19 bits per heavy atom. The van der Waals surface area contributed by atoms with Gasteiger partial charge in [-0.1, -0.05) is 263 Å². The topological polar surface area (TPSA) is 91.3 Å². The highest BCUT2D eigenvalue weighted by atomic mass is 31.2. The van der Waals surface area contributed by atoms with Gasteiger partial charge in [-0.3, -0.25) is 13.8 Å². The standard InChI is InChI=1S/C59H116NO7P/c1-6-8-10-12-14-16-18-20-22-24-26-28-30-31-32-34-36-38-40-42-44-46-48-50-52-59(61)67-58(57-66-68(62,63)65-55-53-60(3,4)5)56-64-54-51-49-47-45-43-41-39-37-35-33-29-27-25-23-21-19-17-15-13-11-9-7-2/h19,21,25,27,58H,6-18,20,22-24,26,28-57H2,1-5H3/p+1/b21-19-,27-25-. The van der Waals surface area contributed by atoms with E-state index in [0.29, 0.717) is 24.1 Å². The molecule has 1 N–H and O–H groups in total. The van der Waals surface area contributed by atoms with E-state index in [4.69, 9.17) is 18.5 Å². The van der Waals surface area contributed by atoms with Gasteiger partial charge >= 0.3 is 13.8 Å². The minimum Gasteiger partial charge on any atom is -0.457 e. The number of rotatable bonds is 56. The number of hydrogen-bond acceptors (Lipinski definition) is 6. The summed E-state index contributed by atoms with van der Waals surface area (Å²) in [6.45, 7) is 5.68. The Labute approximate surface area is 423 Å². The molecule has 0 aliphatic heterocycles. The summed E-state index contributed by atoms with van der Waals surface area (Å²) in [5.41, 5.74) is 0. The molecule has 0 aliphatic carbocycles. The van der Waals surface area contributed by atoms with Crippen molar-refractivity contribution < 1.29 is 37.3 Å². The summed E-state index contributed by atoms with van der Waals surface area (Å²) < 4.78 is 35.3. The van der Waals surface area contributed by atoms with Crippen LogP contribution in [-0.2, 0) is 27.9 Å². The first-order valence-corrected chi connectivity index (χ1v) is 31.1. The first-order chi connectivity index (χ1) is 33.1. The summed E-state index contributed by atoms with van der Waals surface area (Å²) >= 11 is 0. The Morgan fingerprint density at radius 1 is 0.456 bits per heavy atom. The molecule has 0 saturated heterocycles. The van der Waals surface area contributed by atoms with E-state index in [1.807, 2.05) is 21.1 Å². The van der Waals surface area contributed by atoms with Crippen LogP contribution in [0.4, 0.5) is 0 Å². The number of carbonyl (C=O) groups is 1. The highest BCUT2D eigenvalue weighted by Crippen LogP contribution is 2.43. The zero-order valence-electron chi connectivity index (χ0n) is 46.1. The van der Waals surface area contributed by atoms with Crippen molar-refractivity contribution in [2.45, 2.75) is 296 Å². The molecule has 0 saturated carbocycles. The van der Waals surface area contributed by atoms with Gasteiger partial charge < -0.3 is 18.9 Å². The minimum absolute atomic E-state index is 0.0907. The smallest absolute Gasteiger partial charge is 0.457 e. The lowest BCUT2D eigenvalue weighted by atomic mass is 10.0. The number of hydrogen-bond donors (Lipinski definition) is 1. The monoisotopic (exact) mass is 983 g/mol. The molecule has 404 valence electrons. The molecule has 0 amide bonds. The fourth-order valence-electron chi connectivity index (χ4n) is 8.71. The molecule has 0 bridgehead atoms. The minimum atomic E-state index is -4.28. The zero-order valence-corrected chi connectivity index (χ0v) is 47.0. The van der Waals surface area contributed by atoms with Crippen molar-refractivity contribution in [3.8, 4) is 0 Å². The second-order valence-corrected chi connectivity index (χ2v) is 22.8. The van der Waals surface area contributed by atoms with E-state index in [0.717, 1.165) is 38.5 Å². The molecule has 0 heterocycles. The summed E-state index contributed by atoms with van der Waals surface area (Å²) in [5, 5.41) is 0. The molecule has 8 nitrogen and oxygen atoms in total. The number of quaternary nitrogens is 1. The van der Waals surface area contributed by atoms with Crippen LogP contribution >= 0.6 is 7.82 Å². The van der Waals surface area contributed by atoms with Crippen molar-refractivity contribution in [2.24, 2.45) is 0 Å². The van der Waals surface area contributed by atoms with Crippen LogP contribution < -0.4 is 0 Å². The number of ether oxygens (including phenoxy) is 2. The third kappa shape index (κ3) is 55.9. The van der Waals surface area contributed by atoms with Crippen molar-refractivity contribution in [1.29, 1.82) is 0 Å². The van der Waals surface area contributed by atoms with Crippen LogP contribution in [0.5, 0.6) is 0 Å².